The van der Waals surface area contributed by atoms with E-state index in [9.17, 15) is 9.59 Å². The normalized spacial score (nSPS) is 23.8. The van der Waals surface area contributed by atoms with Crippen molar-refractivity contribution in [1.82, 2.24) is 5.32 Å². The third-order valence-electron chi connectivity index (χ3n) is 4.91. The Hall–Kier alpha value is -1.06. The summed E-state index contributed by atoms with van der Waals surface area (Å²) in [6, 6.07) is 0. The summed E-state index contributed by atoms with van der Waals surface area (Å²) < 4.78 is 0. The smallest absolute Gasteiger partial charge is 0.305 e. The van der Waals surface area contributed by atoms with Crippen molar-refractivity contribution < 1.29 is 14.7 Å². The van der Waals surface area contributed by atoms with Gasteiger partial charge in [0, 0.05) is 5.92 Å². The van der Waals surface area contributed by atoms with Crippen LogP contribution in [-0.2, 0) is 9.59 Å². The number of carboxylic acid groups (broad SMARTS) is 1. The van der Waals surface area contributed by atoms with Crippen LogP contribution in [0.2, 0.25) is 0 Å². The highest BCUT2D eigenvalue weighted by atomic mass is 16.4. The molecule has 0 aromatic heterocycles. The molecule has 2 fully saturated rings. The lowest BCUT2D eigenvalue weighted by Gasteiger charge is -2.38. The average molecular weight is 281 g/mol. The summed E-state index contributed by atoms with van der Waals surface area (Å²) in [4.78, 5) is 23.6. The first-order valence-corrected chi connectivity index (χ1v) is 8.15. The second-order valence-corrected chi connectivity index (χ2v) is 6.59. The molecule has 2 saturated carbocycles. The van der Waals surface area contributed by atoms with Crippen LogP contribution in [0.1, 0.15) is 77.0 Å². The van der Waals surface area contributed by atoms with Crippen molar-refractivity contribution in [2.45, 2.75) is 82.6 Å². The molecule has 0 aromatic rings. The maximum Gasteiger partial charge on any atom is 0.305 e. The molecule has 0 spiro atoms. The Balaban J connectivity index is 1.98. The Morgan fingerprint density at radius 2 is 1.50 bits per heavy atom. The summed E-state index contributed by atoms with van der Waals surface area (Å²) in [5.41, 5.74) is -0.479. The zero-order valence-electron chi connectivity index (χ0n) is 12.3. The monoisotopic (exact) mass is 281 g/mol. The summed E-state index contributed by atoms with van der Waals surface area (Å²) >= 11 is 0. The highest BCUT2D eigenvalue weighted by molar-refractivity contribution is 5.80. The number of carbonyl (C=O) groups is 2. The fraction of sp³-hybridized carbons (Fsp3) is 0.875. The van der Waals surface area contributed by atoms with Gasteiger partial charge in [-0.3, -0.25) is 9.59 Å². The molecule has 1 amide bonds. The minimum atomic E-state index is -0.798. The van der Waals surface area contributed by atoms with E-state index in [-0.39, 0.29) is 18.2 Å². The molecular formula is C16H27NO3. The molecule has 2 N–H and O–H groups in total. The molecule has 0 aliphatic heterocycles. The van der Waals surface area contributed by atoms with E-state index in [1.165, 1.54) is 12.8 Å². The summed E-state index contributed by atoms with van der Waals surface area (Å²) in [6.07, 6.45) is 11.6. The number of hydrogen-bond donors (Lipinski definition) is 2. The van der Waals surface area contributed by atoms with E-state index in [4.69, 9.17) is 5.11 Å². The van der Waals surface area contributed by atoms with Gasteiger partial charge in [0.25, 0.3) is 0 Å². The standard InChI is InChI=1S/C16H27NO3/c18-14(19)12-16(10-6-3-7-11-16)17-15(20)13-8-4-1-2-5-9-13/h13H,1-12H2,(H,17,20)(H,18,19). The first-order chi connectivity index (χ1) is 9.61. The van der Waals surface area contributed by atoms with Gasteiger partial charge in [0.05, 0.1) is 12.0 Å². The highest BCUT2D eigenvalue weighted by Crippen LogP contribution is 2.32. The van der Waals surface area contributed by atoms with Crippen LogP contribution >= 0.6 is 0 Å². The second kappa shape index (κ2) is 7.09. The fourth-order valence-corrected chi connectivity index (χ4v) is 3.77. The van der Waals surface area contributed by atoms with Crippen molar-refractivity contribution in [3.8, 4) is 0 Å². The van der Waals surface area contributed by atoms with Crippen molar-refractivity contribution in [2.75, 3.05) is 0 Å². The molecule has 0 unspecified atom stereocenters. The minimum Gasteiger partial charge on any atom is -0.481 e. The molecule has 0 atom stereocenters. The van der Waals surface area contributed by atoms with Crippen LogP contribution in [0.15, 0.2) is 0 Å². The predicted octanol–water partition coefficient (Wildman–Crippen LogP) is 3.25. The van der Waals surface area contributed by atoms with E-state index in [0.29, 0.717) is 0 Å². The molecule has 20 heavy (non-hydrogen) atoms. The van der Waals surface area contributed by atoms with E-state index < -0.39 is 11.5 Å². The second-order valence-electron chi connectivity index (χ2n) is 6.59. The number of carboxylic acids is 1. The summed E-state index contributed by atoms with van der Waals surface area (Å²) in [5, 5.41) is 12.3. The lowest BCUT2D eigenvalue weighted by atomic mass is 9.78. The van der Waals surface area contributed by atoms with Crippen LogP contribution < -0.4 is 5.32 Å². The lowest BCUT2D eigenvalue weighted by Crippen LogP contribution is -2.52. The van der Waals surface area contributed by atoms with Crippen molar-refractivity contribution in [3.63, 3.8) is 0 Å². The number of amides is 1. The van der Waals surface area contributed by atoms with Crippen molar-refractivity contribution in [3.05, 3.63) is 0 Å². The van der Waals surface area contributed by atoms with Gasteiger partial charge in [-0.1, -0.05) is 44.9 Å². The highest BCUT2D eigenvalue weighted by Gasteiger charge is 2.37. The molecule has 2 aliphatic rings. The summed E-state index contributed by atoms with van der Waals surface area (Å²) in [5.74, 6) is -0.590. The Bertz CT molecular complexity index is 340. The first kappa shape index (κ1) is 15.3. The number of nitrogens with one attached hydrogen (secondary N) is 1. The molecule has 0 aromatic carbocycles. The molecular weight excluding hydrogens is 254 g/mol. The summed E-state index contributed by atoms with van der Waals surface area (Å²) in [6.45, 7) is 0. The van der Waals surface area contributed by atoms with Gasteiger partial charge >= 0.3 is 5.97 Å². The molecule has 4 nitrogen and oxygen atoms in total. The molecule has 4 heteroatoms. The third-order valence-corrected chi connectivity index (χ3v) is 4.91. The van der Waals surface area contributed by atoms with Crippen LogP contribution in [-0.4, -0.2) is 22.5 Å². The topological polar surface area (TPSA) is 66.4 Å². The SMILES string of the molecule is O=C(O)CC1(NC(=O)C2CCCCCC2)CCCCC1. The fourth-order valence-electron chi connectivity index (χ4n) is 3.77. The molecule has 0 bridgehead atoms. The maximum atomic E-state index is 12.5. The van der Waals surface area contributed by atoms with Gasteiger partial charge in [0.2, 0.25) is 5.91 Å². The van der Waals surface area contributed by atoms with Gasteiger partial charge in [-0.2, -0.15) is 0 Å². The zero-order chi connectivity index (χ0) is 14.4. The molecule has 2 rings (SSSR count). The van der Waals surface area contributed by atoms with Crippen molar-refractivity contribution in [1.29, 1.82) is 0 Å². The lowest BCUT2D eigenvalue weighted by molar-refractivity contribution is -0.140. The largest absolute Gasteiger partial charge is 0.481 e. The molecule has 114 valence electrons. The number of aliphatic carboxylic acids is 1. The number of hydrogen-bond acceptors (Lipinski definition) is 2. The minimum absolute atomic E-state index is 0.0749. The van der Waals surface area contributed by atoms with Crippen molar-refractivity contribution in [2.24, 2.45) is 5.92 Å². The van der Waals surface area contributed by atoms with E-state index in [2.05, 4.69) is 5.32 Å². The molecule has 2 aliphatic carbocycles. The van der Waals surface area contributed by atoms with Gasteiger partial charge in [-0.25, -0.2) is 0 Å². The zero-order valence-corrected chi connectivity index (χ0v) is 12.3. The predicted molar refractivity (Wildman–Crippen MR) is 77.4 cm³/mol. The quantitative estimate of drug-likeness (QED) is 0.777. The molecule has 0 heterocycles. The Morgan fingerprint density at radius 3 is 2.05 bits per heavy atom. The Labute approximate surface area is 121 Å². The Kier molecular flexibility index (Phi) is 5.44. The van der Waals surface area contributed by atoms with Gasteiger partial charge in [-0.15, -0.1) is 0 Å². The summed E-state index contributed by atoms with van der Waals surface area (Å²) in [7, 11) is 0. The van der Waals surface area contributed by atoms with Gasteiger partial charge in [0.1, 0.15) is 0 Å². The van der Waals surface area contributed by atoms with Gasteiger partial charge in [0.15, 0.2) is 0 Å². The van der Waals surface area contributed by atoms with Crippen LogP contribution in [0, 0.1) is 5.92 Å². The van der Waals surface area contributed by atoms with Crippen molar-refractivity contribution >= 4 is 11.9 Å². The van der Waals surface area contributed by atoms with E-state index in [1.54, 1.807) is 0 Å². The van der Waals surface area contributed by atoms with Gasteiger partial charge in [-0.05, 0) is 25.7 Å². The van der Waals surface area contributed by atoms with Crippen LogP contribution in [0.25, 0.3) is 0 Å². The first-order valence-electron chi connectivity index (χ1n) is 8.15. The van der Waals surface area contributed by atoms with Crippen LogP contribution in [0.4, 0.5) is 0 Å². The van der Waals surface area contributed by atoms with E-state index in [0.717, 1.165) is 57.8 Å². The number of rotatable bonds is 4. The maximum absolute atomic E-state index is 12.5. The molecule has 0 saturated heterocycles. The Morgan fingerprint density at radius 1 is 0.950 bits per heavy atom. The van der Waals surface area contributed by atoms with E-state index in [1.807, 2.05) is 0 Å². The van der Waals surface area contributed by atoms with Gasteiger partial charge < -0.3 is 10.4 Å². The third kappa shape index (κ3) is 4.22. The number of carbonyl (C=O) groups excluding carboxylic acids is 1. The van der Waals surface area contributed by atoms with Crippen LogP contribution in [0.3, 0.4) is 0 Å². The van der Waals surface area contributed by atoms with E-state index >= 15 is 0 Å². The average Bonchev–Trinajstić information content (AvgIpc) is 2.67. The molecule has 0 radical (unpaired) electrons. The van der Waals surface area contributed by atoms with Crippen LogP contribution in [0.5, 0.6) is 0 Å².